The number of benzene rings is 1. The third-order valence-corrected chi connectivity index (χ3v) is 6.84. The van der Waals surface area contributed by atoms with Crippen molar-refractivity contribution in [3.05, 3.63) is 65.5 Å². The number of aryl methyl sites for hydroxylation is 1. The molecule has 1 saturated heterocycles. The third-order valence-electron chi connectivity index (χ3n) is 6.84. The standard InChI is InChI=1S/C27H30N6O4/c34-24(32-23(13-25(35)36)19-12-18-4-1-2-6-21(18)29-14-19)16-33-11-9-22(27(33)37)30-15-20-8-7-17-5-3-10-28-26(17)31-20/h1-2,4,6-8,12,14,22-23,30H,3,5,9-11,13,15-16H2,(H,28,31)(H,32,34)(H,35,36)/t22-,23-/m0/s1. The summed E-state index contributed by atoms with van der Waals surface area (Å²) in [6.45, 7) is 1.69. The van der Waals surface area contributed by atoms with E-state index in [9.17, 15) is 19.5 Å². The van der Waals surface area contributed by atoms with E-state index >= 15 is 0 Å². The van der Waals surface area contributed by atoms with Crippen molar-refractivity contribution in [3.63, 3.8) is 0 Å². The number of hydrogen-bond acceptors (Lipinski definition) is 7. The maximum Gasteiger partial charge on any atom is 0.305 e. The number of hydrogen-bond donors (Lipinski definition) is 4. The molecule has 10 nitrogen and oxygen atoms in total. The van der Waals surface area contributed by atoms with Gasteiger partial charge in [-0.2, -0.15) is 0 Å². The summed E-state index contributed by atoms with van der Waals surface area (Å²) < 4.78 is 0. The molecule has 2 atom stereocenters. The zero-order chi connectivity index (χ0) is 25.8. The number of anilines is 1. The Morgan fingerprint density at radius 1 is 1.22 bits per heavy atom. The lowest BCUT2D eigenvalue weighted by Crippen LogP contribution is -2.43. The number of aliphatic carboxylic acids is 1. The summed E-state index contributed by atoms with van der Waals surface area (Å²) in [4.78, 5) is 47.8. The van der Waals surface area contributed by atoms with Crippen LogP contribution in [-0.2, 0) is 27.3 Å². The van der Waals surface area contributed by atoms with Gasteiger partial charge in [-0.05, 0) is 48.6 Å². The molecule has 10 heteroatoms. The zero-order valence-electron chi connectivity index (χ0n) is 20.4. The van der Waals surface area contributed by atoms with E-state index in [1.807, 2.05) is 36.4 Å². The van der Waals surface area contributed by atoms with Gasteiger partial charge in [0.25, 0.3) is 0 Å². The number of likely N-dealkylation sites (tertiary alicyclic amines) is 1. The molecule has 2 aliphatic rings. The fourth-order valence-corrected chi connectivity index (χ4v) is 4.90. The molecule has 0 saturated carbocycles. The molecule has 1 fully saturated rings. The van der Waals surface area contributed by atoms with Crippen LogP contribution in [0.2, 0.25) is 0 Å². The van der Waals surface area contributed by atoms with E-state index in [1.54, 1.807) is 6.20 Å². The van der Waals surface area contributed by atoms with Gasteiger partial charge in [0.2, 0.25) is 11.8 Å². The van der Waals surface area contributed by atoms with Crippen molar-refractivity contribution in [2.45, 2.75) is 44.3 Å². The maximum atomic E-state index is 12.9. The third kappa shape index (κ3) is 5.86. The second-order valence-corrected chi connectivity index (χ2v) is 9.50. The van der Waals surface area contributed by atoms with Crippen LogP contribution in [0, 0.1) is 0 Å². The first-order chi connectivity index (χ1) is 18.0. The van der Waals surface area contributed by atoms with Crippen LogP contribution in [0.5, 0.6) is 0 Å². The number of rotatable bonds is 9. The van der Waals surface area contributed by atoms with Crippen molar-refractivity contribution in [2.24, 2.45) is 0 Å². The highest BCUT2D eigenvalue weighted by Gasteiger charge is 2.33. The van der Waals surface area contributed by atoms with Crippen LogP contribution in [0.15, 0.2) is 48.7 Å². The van der Waals surface area contributed by atoms with Gasteiger partial charge in [-0.1, -0.05) is 24.3 Å². The number of carbonyl (C=O) groups excluding carboxylic acids is 2. The highest BCUT2D eigenvalue weighted by molar-refractivity contribution is 5.89. The molecule has 0 radical (unpaired) electrons. The molecule has 0 aliphatic carbocycles. The molecule has 192 valence electrons. The highest BCUT2D eigenvalue weighted by Crippen LogP contribution is 2.22. The Bertz CT molecular complexity index is 1330. The molecule has 2 aromatic heterocycles. The first-order valence-electron chi connectivity index (χ1n) is 12.6. The molecule has 0 bridgehead atoms. The normalized spacial score (nSPS) is 17.8. The SMILES string of the molecule is O=C(O)C[C@H](NC(=O)CN1CC[C@H](NCc2ccc3c(n2)NCCC3)C1=O)c1cnc2ccccc2c1. The van der Waals surface area contributed by atoms with Gasteiger partial charge in [0.05, 0.1) is 36.3 Å². The van der Waals surface area contributed by atoms with E-state index in [0.717, 1.165) is 41.8 Å². The van der Waals surface area contributed by atoms with Gasteiger partial charge in [0.15, 0.2) is 0 Å². The van der Waals surface area contributed by atoms with Crippen molar-refractivity contribution in [1.29, 1.82) is 0 Å². The predicted molar refractivity (Wildman–Crippen MR) is 138 cm³/mol. The minimum Gasteiger partial charge on any atom is -0.481 e. The van der Waals surface area contributed by atoms with Crippen LogP contribution in [0.1, 0.15) is 42.1 Å². The second-order valence-electron chi connectivity index (χ2n) is 9.50. The number of carboxylic acids is 1. The number of nitrogens with one attached hydrogen (secondary N) is 3. The van der Waals surface area contributed by atoms with Gasteiger partial charge in [0, 0.05) is 31.2 Å². The molecule has 4 N–H and O–H groups in total. The van der Waals surface area contributed by atoms with Gasteiger partial charge in [-0.3, -0.25) is 19.4 Å². The summed E-state index contributed by atoms with van der Waals surface area (Å²) in [5, 5.41) is 19.6. The Kier molecular flexibility index (Phi) is 7.27. The molecule has 4 heterocycles. The lowest BCUT2D eigenvalue weighted by Gasteiger charge is -2.21. The first kappa shape index (κ1) is 24.6. The van der Waals surface area contributed by atoms with E-state index in [-0.39, 0.29) is 18.9 Å². The predicted octanol–water partition coefficient (Wildman–Crippen LogP) is 2.01. The van der Waals surface area contributed by atoms with Crippen LogP contribution in [-0.4, -0.2) is 63.4 Å². The number of carbonyl (C=O) groups is 3. The quantitative estimate of drug-likeness (QED) is 0.349. The Balaban J connectivity index is 1.17. The lowest BCUT2D eigenvalue weighted by atomic mass is 10.0. The molecule has 3 aromatic rings. The molecular weight excluding hydrogens is 472 g/mol. The van der Waals surface area contributed by atoms with Crippen LogP contribution in [0.4, 0.5) is 5.82 Å². The Hall–Kier alpha value is -4.05. The molecule has 0 spiro atoms. The summed E-state index contributed by atoms with van der Waals surface area (Å²) in [6, 6.07) is 12.3. The van der Waals surface area contributed by atoms with E-state index in [2.05, 4.69) is 32.0 Å². The van der Waals surface area contributed by atoms with E-state index in [0.29, 0.717) is 25.1 Å². The van der Waals surface area contributed by atoms with Crippen molar-refractivity contribution in [1.82, 2.24) is 25.5 Å². The van der Waals surface area contributed by atoms with Gasteiger partial charge < -0.3 is 26.0 Å². The number of fused-ring (bicyclic) bond motifs is 2. The number of nitrogens with zero attached hydrogens (tertiary/aromatic N) is 3. The van der Waals surface area contributed by atoms with Gasteiger partial charge >= 0.3 is 5.97 Å². The largest absolute Gasteiger partial charge is 0.481 e. The summed E-state index contributed by atoms with van der Waals surface area (Å²) in [5.41, 5.74) is 3.46. The minimum atomic E-state index is -1.04. The van der Waals surface area contributed by atoms with Crippen molar-refractivity contribution in [3.8, 4) is 0 Å². The number of para-hydroxylation sites is 1. The summed E-state index contributed by atoms with van der Waals surface area (Å²) >= 11 is 0. The molecular formula is C27H30N6O4. The minimum absolute atomic E-state index is 0.130. The van der Waals surface area contributed by atoms with E-state index < -0.39 is 24.0 Å². The Morgan fingerprint density at radius 2 is 2.08 bits per heavy atom. The van der Waals surface area contributed by atoms with E-state index in [1.165, 1.54) is 10.5 Å². The summed E-state index contributed by atoms with van der Waals surface area (Å²) in [7, 11) is 0. The van der Waals surface area contributed by atoms with Crippen molar-refractivity contribution >= 4 is 34.5 Å². The molecule has 2 aliphatic heterocycles. The fourth-order valence-electron chi connectivity index (χ4n) is 4.90. The number of aromatic nitrogens is 2. The molecule has 1 aromatic carbocycles. The fraction of sp³-hybridized carbons (Fsp3) is 0.370. The average molecular weight is 503 g/mol. The van der Waals surface area contributed by atoms with Crippen LogP contribution >= 0.6 is 0 Å². The number of pyridine rings is 2. The lowest BCUT2D eigenvalue weighted by molar-refractivity contribution is -0.138. The van der Waals surface area contributed by atoms with Gasteiger partial charge in [-0.15, -0.1) is 0 Å². The molecule has 37 heavy (non-hydrogen) atoms. The molecule has 0 unspecified atom stereocenters. The number of amides is 2. The molecule has 5 rings (SSSR count). The van der Waals surface area contributed by atoms with Gasteiger partial charge in [-0.25, -0.2) is 4.98 Å². The topological polar surface area (TPSA) is 137 Å². The van der Waals surface area contributed by atoms with Crippen LogP contribution in [0.3, 0.4) is 0 Å². The highest BCUT2D eigenvalue weighted by atomic mass is 16.4. The van der Waals surface area contributed by atoms with Crippen LogP contribution < -0.4 is 16.0 Å². The maximum absolute atomic E-state index is 12.9. The first-order valence-corrected chi connectivity index (χ1v) is 12.6. The van der Waals surface area contributed by atoms with Gasteiger partial charge in [0.1, 0.15) is 5.82 Å². The van der Waals surface area contributed by atoms with E-state index in [4.69, 9.17) is 0 Å². The smallest absolute Gasteiger partial charge is 0.305 e. The Labute approximate surface area is 214 Å². The zero-order valence-corrected chi connectivity index (χ0v) is 20.4. The van der Waals surface area contributed by atoms with Crippen molar-refractivity contribution in [2.75, 3.05) is 25.0 Å². The molecule has 2 amide bonds. The average Bonchev–Trinajstić information content (AvgIpc) is 3.25. The van der Waals surface area contributed by atoms with Crippen LogP contribution in [0.25, 0.3) is 10.9 Å². The second kappa shape index (κ2) is 10.9. The van der Waals surface area contributed by atoms with Crippen molar-refractivity contribution < 1.29 is 19.5 Å². The number of carboxylic acid groups (broad SMARTS) is 1. The Morgan fingerprint density at radius 3 is 2.95 bits per heavy atom. The summed E-state index contributed by atoms with van der Waals surface area (Å²) in [5.74, 6) is -0.672. The summed E-state index contributed by atoms with van der Waals surface area (Å²) in [6.07, 6.45) is 4.00. The monoisotopic (exact) mass is 502 g/mol.